The number of benzene rings is 2. The van der Waals surface area contributed by atoms with Crippen LogP contribution < -0.4 is 16.0 Å². The number of nitrogens with two attached hydrogens (primary N) is 1. The van der Waals surface area contributed by atoms with Crippen LogP contribution in [-0.2, 0) is 9.59 Å². The molecule has 0 spiro atoms. The zero-order valence-corrected chi connectivity index (χ0v) is 24.2. The number of anilines is 2. The molecule has 1 aliphatic carbocycles. The van der Waals surface area contributed by atoms with Crippen molar-refractivity contribution < 1.29 is 19.5 Å². The number of ketones is 1. The van der Waals surface area contributed by atoms with Gasteiger partial charge in [-0.15, -0.1) is 10.2 Å². The van der Waals surface area contributed by atoms with Crippen LogP contribution >= 0.6 is 46.3 Å². The summed E-state index contributed by atoms with van der Waals surface area (Å²) < 4.78 is 0.445. The van der Waals surface area contributed by atoms with Crippen LogP contribution in [0.1, 0.15) is 41.1 Å². The molecule has 1 unspecified atom stereocenters. The smallest absolute Gasteiger partial charge is 0.337 e. The summed E-state index contributed by atoms with van der Waals surface area (Å²) in [6, 6.07) is 13.2. The zero-order chi connectivity index (χ0) is 29.3. The van der Waals surface area contributed by atoms with E-state index in [0.29, 0.717) is 55.6 Å². The van der Waals surface area contributed by atoms with Crippen LogP contribution in [0.2, 0.25) is 10.0 Å². The summed E-state index contributed by atoms with van der Waals surface area (Å²) in [7, 11) is 0. The van der Waals surface area contributed by atoms with Gasteiger partial charge in [-0.3, -0.25) is 14.5 Å². The van der Waals surface area contributed by atoms with Gasteiger partial charge in [0.15, 0.2) is 10.1 Å². The molecule has 10 nitrogen and oxygen atoms in total. The molecule has 208 valence electrons. The molecule has 0 saturated heterocycles. The second-order valence-electron chi connectivity index (χ2n) is 9.02. The van der Waals surface area contributed by atoms with Crippen LogP contribution in [0, 0.1) is 11.3 Å². The van der Waals surface area contributed by atoms with E-state index in [1.54, 1.807) is 35.2 Å². The Labute approximate surface area is 252 Å². The molecule has 0 radical (unpaired) electrons. The largest absolute Gasteiger partial charge is 0.478 e. The van der Waals surface area contributed by atoms with Gasteiger partial charge < -0.3 is 16.2 Å². The molecular weight excluding hydrogens is 607 g/mol. The molecule has 1 aromatic heterocycles. The number of para-hydroxylation sites is 1. The summed E-state index contributed by atoms with van der Waals surface area (Å²) in [5.41, 5.74) is 8.52. The maximum atomic E-state index is 13.3. The lowest BCUT2D eigenvalue weighted by molar-refractivity contribution is -0.116. The van der Waals surface area contributed by atoms with Crippen molar-refractivity contribution in [2.45, 2.75) is 29.5 Å². The Morgan fingerprint density at radius 3 is 2.73 bits per heavy atom. The van der Waals surface area contributed by atoms with E-state index in [-0.39, 0.29) is 34.2 Å². The number of rotatable bonds is 7. The third-order valence-electron chi connectivity index (χ3n) is 6.53. The van der Waals surface area contributed by atoms with Gasteiger partial charge in [0.2, 0.25) is 11.0 Å². The van der Waals surface area contributed by atoms with Crippen molar-refractivity contribution in [2.24, 2.45) is 5.73 Å². The molecule has 1 atom stereocenters. The Hall–Kier alpha value is -3.89. The number of nitrogens with zero attached hydrogens (tertiary/aromatic N) is 4. The van der Waals surface area contributed by atoms with E-state index >= 15 is 0 Å². The van der Waals surface area contributed by atoms with Gasteiger partial charge in [-0.1, -0.05) is 64.5 Å². The molecule has 1 aliphatic heterocycles. The number of carboxylic acids is 1. The predicted octanol–water partition coefficient (Wildman–Crippen LogP) is 5.58. The number of hydrogen-bond acceptors (Lipinski definition) is 10. The van der Waals surface area contributed by atoms with E-state index in [2.05, 4.69) is 21.6 Å². The van der Waals surface area contributed by atoms with E-state index < -0.39 is 17.8 Å². The second kappa shape index (κ2) is 11.9. The van der Waals surface area contributed by atoms with E-state index in [9.17, 15) is 24.8 Å². The number of carbonyl (C=O) groups excluding carboxylic acids is 2. The van der Waals surface area contributed by atoms with Gasteiger partial charge in [0.1, 0.15) is 5.82 Å². The van der Waals surface area contributed by atoms with Crippen LogP contribution in [0.4, 0.5) is 10.8 Å². The highest BCUT2D eigenvalue weighted by molar-refractivity contribution is 8.01. The molecular formula is C27H20Cl2N6O4S2. The van der Waals surface area contributed by atoms with Crippen molar-refractivity contribution in [1.29, 1.82) is 5.26 Å². The molecule has 2 aromatic carbocycles. The van der Waals surface area contributed by atoms with Gasteiger partial charge in [0, 0.05) is 27.7 Å². The van der Waals surface area contributed by atoms with Crippen LogP contribution in [0.25, 0.3) is 0 Å². The fraction of sp³-hybridized carbons (Fsp3) is 0.185. The number of amides is 1. The van der Waals surface area contributed by atoms with Gasteiger partial charge in [0.05, 0.1) is 34.6 Å². The highest BCUT2D eigenvalue weighted by Crippen LogP contribution is 2.48. The minimum atomic E-state index is -1.15. The summed E-state index contributed by atoms with van der Waals surface area (Å²) in [4.78, 5) is 38.8. The van der Waals surface area contributed by atoms with Gasteiger partial charge in [-0.2, -0.15) is 5.26 Å². The van der Waals surface area contributed by atoms with E-state index in [1.807, 2.05) is 0 Å². The third kappa shape index (κ3) is 5.67. The number of allylic oxidation sites excluding steroid dienone is 3. The van der Waals surface area contributed by atoms with Crippen LogP contribution in [0.3, 0.4) is 0 Å². The molecule has 4 N–H and O–H groups in total. The first kappa shape index (κ1) is 28.6. The maximum absolute atomic E-state index is 13.3. The first-order valence-electron chi connectivity index (χ1n) is 12.2. The minimum Gasteiger partial charge on any atom is -0.478 e. The fourth-order valence-electron chi connectivity index (χ4n) is 4.79. The van der Waals surface area contributed by atoms with Crippen LogP contribution in [-0.4, -0.2) is 38.7 Å². The van der Waals surface area contributed by atoms with E-state index in [1.165, 1.54) is 12.1 Å². The Bertz CT molecular complexity index is 1700. The fourth-order valence-corrected chi connectivity index (χ4v) is 6.99. The molecule has 2 heterocycles. The quantitative estimate of drug-likeness (QED) is 0.282. The number of aromatic nitrogens is 2. The van der Waals surface area contributed by atoms with Crippen LogP contribution in [0.5, 0.6) is 0 Å². The van der Waals surface area contributed by atoms with Gasteiger partial charge >= 0.3 is 5.97 Å². The molecule has 0 fully saturated rings. The number of halogens is 2. The number of carbonyl (C=O) groups is 3. The van der Waals surface area contributed by atoms with E-state index in [4.69, 9.17) is 28.9 Å². The Kier molecular flexibility index (Phi) is 8.32. The molecule has 5 rings (SSSR count). The standard InChI is InChI=1S/C27H20Cl2N6O4S2/c28-13-8-9-14(17(29)10-13)22-16(11-30)24(31)35(19-6-3-7-20(36)23(19)22)26-33-34-27(41-26)40-12-21(37)32-18-5-2-1-4-15(18)25(38)39/h1-2,4-5,8-10,22H,3,6-7,12,31H2,(H,32,37)(H,38,39). The zero-order valence-electron chi connectivity index (χ0n) is 21.1. The van der Waals surface area contributed by atoms with Crippen molar-refractivity contribution in [1.82, 2.24) is 10.2 Å². The first-order chi connectivity index (χ1) is 19.7. The summed E-state index contributed by atoms with van der Waals surface area (Å²) in [5, 5.41) is 31.6. The Morgan fingerprint density at radius 2 is 2.00 bits per heavy atom. The van der Waals surface area contributed by atoms with E-state index in [0.717, 1.165) is 23.1 Å². The van der Waals surface area contributed by atoms with Crippen molar-refractivity contribution in [3.63, 3.8) is 0 Å². The predicted molar refractivity (Wildman–Crippen MR) is 157 cm³/mol. The van der Waals surface area contributed by atoms with Gasteiger partial charge in [0.25, 0.3) is 0 Å². The number of aromatic carboxylic acids is 1. The Morgan fingerprint density at radius 1 is 1.22 bits per heavy atom. The number of nitriles is 1. The molecule has 2 aliphatic rings. The summed E-state index contributed by atoms with van der Waals surface area (Å²) >= 11 is 14.9. The molecule has 41 heavy (non-hydrogen) atoms. The third-order valence-corrected chi connectivity index (χ3v) is 9.14. The van der Waals surface area contributed by atoms with Gasteiger partial charge in [-0.05, 0) is 42.7 Å². The Balaban J connectivity index is 1.42. The number of carboxylic acid groups (broad SMARTS) is 1. The van der Waals surface area contributed by atoms with Crippen molar-refractivity contribution >= 4 is 74.8 Å². The number of hydrogen-bond donors (Lipinski definition) is 3. The van der Waals surface area contributed by atoms with Crippen molar-refractivity contribution in [3.05, 3.63) is 86.3 Å². The molecule has 14 heteroatoms. The summed E-state index contributed by atoms with van der Waals surface area (Å²) in [5.74, 6) is -2.36. The maximum Gasteiger partial charge on any atom is 0.337 e. The molecule has 0 bridgehead atoms. The number of thioether (sulfide) groups is 1. The SMILES string of the molecule is N#CC1=C(N)N(c2nnc(SCC(=O)Nc3ccccc3C(=O)O)s2)C2=C(C(=O)CCC2)C1c1ccc(Cl)cc1Cl. The highest BCUT2D eigenvalue weighted by Gasteiger charge is 2.42. The lowest BCUT2D eigenvalue weighted by Crippen LogP contribution is -2.38. The monoisotopic (exact) mass is 626 g/mol. The summed E-state index contributed by atoms with van der Waals surface area (Å²) in [6.07, 6.45) is 1.45. The summed E-state index contributed by atoms with van der Waals surface area (Å²) in [6.45, 7) is 0. The normalized spacial score (nSPS) is 16.9. The molecule has 1 amide bonds. The highest BCUT2D eigenvalue weighted by atomic mass is 35.5. The van der Waals surface area contributed by atoms with Gasteiger partial charge in [-0.25, -0.2) is 4.79 Å². The van der Waals surface area contributed by atoms with Crippen molar-refractivity contribution in [3.8, 4) is 6.07 Å². The van der Waals surface area contributed by atoms with Crippen LogP contribution in [0.15, 0.2) is 69.5 Å². The number of nitrogens with one attached hydrogen (secondary N) is 1. The molecule has 3 aromatic rings. The average Bonchev–Trinajstić information content (AvgIpc) is 3.40. The molecule has 0 saturated carbocycles. The minimum absolute atomic E-state index is 0.0194. The van der Waals surface area contributed by atoms with Crippen molar-refractivity contribution in [2.75, 3.05) is 16.0 Å². The average molecular weight is 628 g/mol. The lowest BCUT2D eigenvalue weighted by atomic mass is 9.76. The number of Topliss-reactive ketones (excluding diaryl/α,β-unsaturated/α-hetero) is 1. The lowest BCUT2D eigenvalue weighted by Gasteiger charge is -2.38. The first-order valence-corrected chi connectivity index (χ1v) is 14.7. The topological polar surface area (TPSA) is 162 Å². The second-order valence-corrected chi connectivity index (χ2v) is 12.0.